The van der Waals surface area contributed by atoms with Gasteiger partial charge < -0.3 is 9.84 Å². The van der Waals surface area contributed by atoms with Gasteiger partial charge in [-0.05, 0) is 18.4 Å². The van der Waals surface area contributed by atoms with Crippen LogP contribution < -0.4 is 0 Å². The van der Waals surface area contributed by atoms with Crippen molar-refractivity contribution in [1.82, 2.24) is 0 Å². The van der Waals surface area contributed by atoms with E-state index in [-0.39, 0.29) is 6.42 Å². The Morgan fingerprint density at radius 1 is 1.30 bits per heavy atom. The van der Waals surface area contributed by atoms with Crippen LogP contribution in [0.4, 0.5) is 13.2 Å². The summed E-state index contributed by atoms with van der Waals surface area (Å²) in [6, 6.07) is 8.11. The van der Waals surface area contributed by atoms with Gasteiger partial charge in [-0.1, -0.05) is 36.4 Å². The molecule has 0 amide bonds. The van der Waals surface area contributed by atoms with Crippen LogP contribution in [0.5, 0.6) is 0 Å². The Hall–Kier alpha value is -1.82. The summed E-state index contributed by atoms with van der Waals surface area (Å²) in [5, 5.41) is 8.98. The molecule has 1 rings (SSSR count). The fourth-order valence-corrected chi connectivity index (χ4v) is 1.67. The standard InChI is InChI=1S/C14H15F3O3/c1-2-3-9-13(12(18)19,14(15,16)17)20-10-11-7-5-4-6-8-11/h2,4-8H,1,3,9-10H2,(H,18,19)/t13-/m1/s1. The molecule has 0 aliphatic carbocycles. The Kier molecular flexibility index (Phi) is 5.33. The van der Waals surface area contributed by atoms with Crippen LogP contribution in [0.2, 0.25) is 0 Å². The molecular weight excluding hydrogens is 273 g/mol. The molecule has 1 aromatic carbocycles. The highest BCUT2D eigenvalue weighted by atomic mass is 19.4. The minimum absolute atomic E-state index is 0.111. The first kappa shape index (κ1) is 16.2. The number of carbonyl (C=O) groups is 1. The second-order valence-corrected chi connectivity index (χ2v) is 4.23. The van der Waals surface area contributed by atoms with E-state index in [0.29, 0.717) is 5.56 Å². The summed E-state index contributed by atoms with van der Waals surface area (Å²) in [6.07, 6.45) is -4.59. The zero-order chi connectivity index (χ0) is 15.2. The third-order valence-electron chi connectivity index (χ3n) is 2.83. The number of carboxylic acids is 1. The van der Waals surface area contributed by atoms with Gasteiger partial charge in [0, 0.05) is 0 Å². The molecule has 0 saturated heterocycles. The van der Waals surface area contributed by atoms with Gasteiger partial charge in [-0.2, -0.15) is 13.2 Å². The van der Waals surface area contributed by atoms with E-state index in [1.54, 1.807) is 30.3 Å². The number of hydrogen-bond acceptors (Lipinski definition) is 2. The van der Waals surface area contributed by atoms with Crippen LogP contribution in [0.25, 0.3) is 0 Å². The molecule has 1 N–H and O–H groups in total. The fraction of sp³-hybridized carbons (Fsp3) is 0.357. The molecule has 6 heteroatoms. The van der Waals surface area contributed by atoms with E-state index in [2.05, 4.69) is 6.58 Å². The molecule has 0 spiro atoms. The summed E-state index contributed by atoms with van der Waals surface area (Å²) in [5.74, 6) is -2.04. The van der Waals surface area contributed by atoms with Crippen LogP contribution in [-0.4, -0.2) is 22.9 Å². The summed E-state index contributed by atoms with van der Waals surface area (Å²) in [4.78, 5) is 11.1. The molecule has 0 aromatic heterocycles. The summed E-state index contributed by atoms with van der Waals surface area (Å²) in [6.45, 7) is 2.88. The first-order valence-corrected chi connectivity index (χ1v) is 5.92. The lowest BCUT2D eigenvalue weighted by Crippen LogP contribution is -2.54. The molecule has 110 valence electrons. The second kappa shape index (κ2) is 6.56. The lowest BCUT2D eigenvalue weighted by atomic mass is 9.96. The topological polar surface area (TPSA) is 46.5 Å². The number of carboxylic acid groups (broad SMARTS) is 1. The number of ether oxygens (including phenoxy) is 1. The van der Waals surface area contributed by atoms with Gasteiger partial charge >= 0.3 is 12.1 Å². The molecule has 0 fully saturated rings. The summed E-state index contributed by atoms with van der Waals surface area (Å²) in [5.41, 5.74) is -2.74. The highest BCUT2D eigenvalue weighted by Gasteiger charge is 2.61. The Balaban J connectivity index is 2.97. The normalized spacial score (nSPS) is 14.6. The minimum Gasteiger partial charge on any atom is -0.479 e. The summed E-state index contributed by atoms with van der Waals surface area (Å²) in [7, 11) is 0. The number of hydrogen-bond donors (Lipinski definition) is 1. The molecule has 0 heterocycles. The lowest BCUT2D eigenvalue weighted by Gasteiger charge is -2.31. The number of benzene rings is 1. The molecule has 3 nitrogen and oxygen atoms in total. The number of aliphatic carboxylic acids is 1. The fourth-order valence-electron chi connectivity index (χ4n) is 1.67. The largest absolute Gasteiger partial charge is 0.479 e. The van der Waals surface area contributed by atoms with Crippen LogP contribution in [0, 0.1) is 0 Å². The number of allylic oxidation sites excluding steroid dienone is 1. The Labute approximate surface area is 114 Å². The van der Waals surface area contributed by atoms with E-state index in [1.165, 1.54) is 6.08 Å². The van der Waals surface area contributed by atoms with Gasteiger partial charge in [0.1, 0.15) is 0 Å². The van der Waals surface area contributed by atoms with Gasteiger partial charge in [-0.3, -0.25) is 0 Å². The average Bonchev–Trinajstić information content (AvgIpc) is 2.38. The Morgan fingerprint density at radius 2 is 1.90 bits per heavy atom. The molecular formula is C14H15F3O3. The maximum absolute atomic E-state index is 13.1. The third kappa shape index (κ3) is 3.60. The zero-order valence-corrected chi connectivity index (χ0v) is 10.7. The monoisotopic (exact) mass is 288 g/mol. The first-order chi connectivity index (χ1) is 9.33. The lowest BCUT2D eigenvalue weighted by molar-refractivity contribution is -0.280. The first-order valence-electron chi connectivity index (χ1n) is 5.92. The van der Waals surface area contributed by atoms with Gasteiger partial charge in [0.05, 0.1) is 6.61 Å². The van der Waals surface area contributed by atoms with Gasteiger partial charge in [0.15, 0.2) is 0 Å². The summed E-state index contributed by atoms with van der Waals surface area (Å²) >= 11 is 0. The zero-order valence-electron chi connectivity index (χ0n) is 10.7. The second-order valence-electron chi connectivity index (χ2n) is 4.23. The van der Waals surface area contributed by atoms with Crippen molar-refractivity contribution in [3.8, 4) is 0 Å². The quantitative estimate of drug-likeness (QED) is 0.780. The van der Waals surface area contributed by atoms with Crippen molar-refractivity contribution < 1.29 is 27.8 Å². The Morgan fingerprint density at radius 3 is 2.35 bits per heavy atom. The van der Waals surface area contributed by atoms with E-state index < -0.39 is 30.8 Å². The van der Waals surface area contributed by atoms with Crippen LogP contribution in [0.3, 0.4) is 0 Å². The molecule has 0 aliphatic heterocycles. The van der Waals surface area contributed by atoms with Crippen molar-refractivity contribution in [2.24, 2.45) is 0 Å². The van der Waals surface area contributed by atoms with E-state index in [9.17, 15) is 18.0 Å². The van der Waals surface area contributed by atoms with Crippen molar-refractivity contribution in [2.45, 2.75) is 31.2 Å². The van der Waals surface area contributed by atoms with Gasteiger partial charge in [0.2, 0.25) is 0 Å². The van der Waals surface area contributed by atoms with E-state index >= 15 is 0 Å². The third-order valence-corrected chi connectivity index (χ3v) is 2.83. The predicted octanol–water partition coefficient (Wildman–Crippen LogP) is 3.56. The molecule has 0 aliphatic rings. The molecule has 0 unspecified atom stereocenters. The number of halogens is 3. The smallest absolute Gasteiger partial charge is 0.428 e. The number of rotatable bonds is 7. The molecule has 1 atom stereocenters. The van der Waals surface area contributed by atoms with Crippen molar-refractivity contribution in [1.29, 1.82) is 0 Å². The van der Waals surface area contributed by atoms with Crippen LogP contribution in [0.1, 0.15) is 18.4 Å². The highest BCUT2D eigenvalue weighted by Crippen LogP contribution is 2.38. The van der Waals surface area contributed by atoms with Crippen LogP contribution in [0.15, 0.2) is 43.0 Å². The van der Waals surface area contributed by atoms with Crippen LogP contribution in [-0.2, 0) is 16.1 Å². The van der Waals surface area contributed by atoms with Crippen molar-refractivity contribution in [2.75, 3.05) is 0 Å². The Bertz CT molecular complexity index is 456. The van der Waals surface area contributed by atoms with E-state index in [0.717, 1.165) is 0 Å². The van der Waals surface area contributed by atoms with Gasteiger partial charge in [-0.25, -0.2) is 4.79 Å². The molecule has 0 saturated carbocycles. The predicted molar refractivity (Wildman–Crippen MR) is 67.1 cm³/mol. The summed E-state index contributed by atoms with van der Waals surface area (Å²) < 4.78 is 44.1. The maximum Gasteiger partial charge on any atom is 0.428 e. The SMILES string of the molecule is C=CCC[C@@](OCc1ccccc1)(C(=O)O)C(F)(F)F. The number of alkyl halides is 3. The van der Waals surface area contributed by atoms with E-state index in [1.807, 2.05) is 0 Å². The molecule has 1 aromatic rings. The van der Waals surface area contributed by atoms with Gasteiger partial charge in [-0.15, -0.1) is 6.58 Å². The molecule has 20 heavy (non-hydrogen) atoms. The minimum atomic E-state index is -5.00. The van der Waals surface area contributed by atoms with Crippen molar-refractivity contribution in [3.05, 3.63) is 48.6 Å². The van der Waals surface area contributed by atoms with Gasteiger partial charge in [0.25, 0.3) is 5.60 Å². The average molecular weight is 288 g/mol. The highest BCUT2D eigenvalue weighted by molar-refractivity contribution is 5.78. The maximum atomic E-state index is 13.1. The molecule has 0 radical (unpaired) electrons. The van der Waals surface area contributed by atoms with E-state index in [4.69, 9.17) is 9.84 Å². The van der Waals surface area contributed by atoms with Crippen molar-refractivity contribution >= 4 is 5.97 Å². The van der Waals surface area contributed by atoms with Crippen LogP contribution >= 0.6 is 0 Å². The van der Waals surface area contributed by atoms with Crippen molar-refractivity contribution in [3.63, 3.8) is 0 Å². The molecule has 0 bridgehead atoms.